The largest absolute Gasteiger partial charge is 0.496 e. The maximum Gasteiger partial charge on any atom is 0.303 e. The first-order valence-corrected chi connectivity index (χ1v) is 6.35. The number of carbonyl (C=O) groups is 1. The highest BCUT2D eigenvalue weighted by molar-refractivity contribution is 5.66. The molecule has 3 nitrogen and oxygen atoms in total. The van der Waals surface area contributed by atoms with E-state index in [1.165, 1.54) is 5.56 Å². The van der Waals surface area contributed by atoms with Crippen molar-refractivity contribution in [3.8, 4) is 5.75 Å². The Bertz CT molecular complexity index is 422. The summed E-state index contributed by atoms with van der Waals surface area (Å²) in [4.78, 5) is 10.6. The number of methoxy groups -OCH3 is 1. The van der Waals surface area contributed by atoms with Crippen LogP contribution in [-0.2, 0) is 11.2 Å². The van der Waals surface area contributed by atoms with E-state index < -0.39 is 5.97 Å². The summed E-state index contributed by atoms with van der Waals surface area (Å²) < 4.78 is 5.48. The summed E-state index contributed by atoms with van der Waals surface area (Å²) in [6, 6.07) is 4.19. The maximum absolute atomic E-state index is 10.6. The highest BCUT2D eigenvalue weighted by Crippen LogP contribution is 2.32. The Labute approximate surface area is 109 Å². The van der Waals surface area contributed by atoms with E-state index in [4.69, 9.17) is 9.84 Å². The summed E-state index contributed by atoms with van der Waals surface area (Å²) in [6.07, 6.45) is 1.61. The van der Waals surface area contributed by atoms with Crippen LogP contribution in [0.4, 0.5) is 0 Å². The SMILES string of the molecule is COc1c(C)ccc(C(C)C)c1CCCC(=O)O. The molecule has 0 bridgehead atoms. The van der Waals surface area contributed by atoms with Crippen LogP contribution in [0, 0.1) is 6.92 Å². The van der Waals surface area contributed by atoms with Crippen LogP contribution < -0.4 is 4.74 Å². The fourth-order valence-corrected chi connectivity index (χ4v) is 2.26. The minimum Gasteiger partial charge on any atom is -0.496 e. The molecule has 0 aliphatic carbocycles. The molecule has 18 heavy (non-hydrogen) atoms. The molecule has 0 aliphatic heterocycles. The number of benzene rings is 1. The lowest BCUT2D eigenvalue weighted by molar-refractivity contribution is -0.137. The molecule has 1 N–H and O–H groups in total. The molecule has 1 aromatic carbocycles. The third-order valence-electron chi connectivity index (χ3n) is 3.14. The lowest BCUT2D eigenvalue weighted by Crippen LogP contribution is -2.04. The molecule has 0 aromatic heterocycles. The van der Waals surface area contributed by atoms with E-state index in [0.29, 0.717) is 12.3 Å². The van der Waals surface area contributed by atoms with E-state index >= 15 is 0 Å². The number of rotatable bonds is 6. The molecule has 0 saturated carbocycles. The Morgan fingerprint density at radius 1 is 1.39 bits per heavy atom. The van der Waals surface area contributed by atoms with Crippen LogP contribution in [0.1, 0.15) is 49.3 Å². The number of ether oxygens (including phenoxy) is 1. The van der Waals surface area contributed by atoms with Crippen molar-refractivity contribution in [2.45, 2.75) is 46.0 Å². The van der Waals surface area contributed by atoms with Gasteiger partial charge in [0.05, 0.1) is 7.11 Å². The van der Waals surface area contributed by atoms with Gasteiger partial charge in [-0.3, -0.25) is 4.79 Å². The summed E-state index contributed by atoms with van der Waals surface area (Å²) in [5.74, 6) is 0.582. The predicted molar refractivity (Wildman–Crippen MR) is 72.4 cm³/mol. The molecule has 0 spiro atoms. The number of aliphatic carboxylic acids is 1. The van der Waals surface area contributed by atoms with E-state index in [1.54, 1.807) is 7.11 Å². The van der Waals surface area contributed by atoms with Crippen molar-refractivity contribution >= 4 is 5.97 Å². The Kier molecular flexibility index (Phi) is 5.20. The molecule has 0 unspecified atom stereocenters. The van der Waals surface area contributed by atoms with Crippen molar-refractivity contribution in [1.82, 2.24) is 0 Å². The number of carboxylic acids is 1. The smallest absolute Gasteiger partial charge is 0.303 e. The summed E-state index contributed by atoms with van der Waals surface area (Å²) in [7, 11) is 1.67. The molecule has 1 aromatic rings. The Morgan fingerprint density at radius 2 is 2.06 bits per heavy atom. The molecule has 0 fully saturated rings. The molecule has 3 heteroatoms. The molecule has 100 valence electrons. The van der Waals surface area contributed by atoms with Crippen molar-refractivity contribution < 1.29 is 14.6 Å². The van der Waals surface area contributed by atoms with E-state index in [2.05, 4.69) is 26.0 Å². The lowest BCUT2D eigenvalue weighted by Gasteiger charge is -2.18. The zero-order valence-corrected chi connectivity index (χ0v) is 11.6. The first kappa shape index (κ1) is 14.6. The van der Waals surface area contributed by atoms with Gasteiger partial charge in [0.1, 0.15) is 5.75 Å². The number of hydrogen-bond donors (Lipinski definition) is 1. The van der Waals surface area contributed by atoms with Gasteiger partial charge in [0.2, 0.25) is 0 Å². The normalized spacial score (nSPS) is 10.7. The van der Waals surface area contributed by atoms with E-state index in [0.717, 1.165) is 23.3 Å². The van der Waals surface area contributed by atoms with Gasteiger partial charge in [-0.15, -0.1) is 0 Å². The third kappa shape index (κ3) is 3.49. The average molecular weight is 250 g/mol. The molecular weight excluding hydrogens is 228 g/mol. The van der Waals surface area contributed by atoms with Gasteiger partial charge in [-0.1, -0.05) is 26.0 Å². The molecule has 0 amide bonds. The average Bonchev–Trinajstić information content (AvgIpc) is 2.28. The van der Waals surface area contributed by atoms with Gasteiger partial charge in [-0.25, -0.2) is 0 Å². The second-order valence-electron chi connectivity index (χ2n) is 4.89. The Hall–Kier alpha value is -1.51. The number of hydrogen-bond acceptors (Lipinski definition) is 2. The van der Waals surface area contributed by atoms with Gasteiger partial charge in [0, 0.05) is 6.42 Å². The number of carboxylic acid groups (broad SMARTS) is 1. The Balaban J connectivity index is 3.03. The minimum absolute atomic E-state index is 0.203. The van der Waals surface area contributed by atoms with Crippen LogP contribution in [0.15, 0.2) is 12.1 Å². The fraction of sp³-hybridized carbons (Fsp3) is 0.533. The maximum atomic E-state index is 10.6. The summed E-state index contributed by atoms with van der Waals surface area (Å²) in [5, 5.41) is 8.72. The molecule has 0 atom stereocenters. The second kappa shape index (κ2) is 6.43. The zero-order chi connectivity index (χ0) is 13.7. The number of aryl methyl sites for hydroxylation is 1. The molecule has 0 radical (unpaired) electrons. The van der Waals surface area contributed by atoms with Gasteiger partial charge < -0.3 is 9.84 Å². The molecule has 1 rings (SSSR count). The summed E-state index contributed by atoms with van der Waals surface area (Å²) in [5.41, 5.74) is 3.52. The first-order valence-electron chi connectivity index (χ1n) is 6.35. The molecule has 0 heterocycles. The second-order valence-corrected chi connectivity index (χ2v) is 4.89. The highest BCUT2D eigenvalue weighted by Gasteiger charge is 2.14. The van der Waals surface area contributed by atoms with Gasteiger partial charge in [0.25, 0.3) is 0 Å². The van der Waals surface area contributed by atoms with Gasteiger partial charge >= 0.3 is 5.97 Å². The first-order chi connectivity index (χ1) is 8.47. The van der Waals surface area contributed by atoms with Gasteiger partial charge in [0.15, 0.2) is 0 Å². The predicted octanol–water partition coefficient (Wildman–Crippen LogP) is 3.53. The lowest BCUT2D eigenvalue weighted by atomic mass is 9.91. The van der Waals surface area contributed by atoms with Crippen molar-refractivity contribution in [2.24, 2.45) is 0 Å². The molecular formula is C15H22O3. The van der Waals surface area contributed by atoms with Crippen LogP contribution in [0.25, 0.3) is 0 Å². The third-order valence-corrected chi connectivity index (χ3v) is 3.14. The van der Waals surface area contributed by atoms with Crippen LogP contribution in [0.5, 0.6) is 5.75 Å². The minimum atomic E-state index is -0.743. The topological polar surface area (TPSA) is 46.5 Å². The van der Waals surface area contributed by atoms with E-state index in [-0.39, 0.29) is 6.42 Å². The van der Waals surface area contributed by atoms with Gasteiger partial charge in [-0.05, 0) is 42.4 Å². The molecule has 0 aliphatic rings. The van der Waals surface area contributed by atoms with Crippen molar-refractivity contribution in [3.63, 3.8) is 0 Å². The summed E-state index contributed by atoms with van der Waals surface area (Å²) in [6.45, 7) is 6.30. The highest BCUT2D eigenvalue weighted by atomic mass is 16.5. The summed E-state index contributed by atoms with van der Waals surface area (Å²) >= 11 is 0. The monoisotopic (exact) mass is 250 g/mol. The van der Waals surface area contributed by atoms with Crippen LogP contribution >= 0.6 is 0 Å². The van der Waals surface area contributed by atoms with Crippen LogP contribution in [0.2, 0.25) is 0 Å². The van der Waals surface area contributed by atoms with Crippen molar-refractivity contribution in [1.29, 1.82) is 0 Å². The zero-order valence-electron chi connectivity index (χ0n) is 11.6. The quantitative estimate of drug-likeness (QED) is 0.840. The Morgan fingerprint density at radius 3 is 2.56 bits per heavy atom. The standard InChI is InChI=1S/C15H22O3/c1-10(2)12-9-8-11(3)15(18-4)13(12)6-5-7-14(16)17/h8-10H,5-7H2,1-4H3,(H,16,17). The van der Waals surface area contributed by atoms with Crippen molar-refractivity contribution in [2.75, 3.05) is 7.11 Å². The van der Waals surface area contributed by atoms with Crippen LogP contribution in [0.3, 0.4) is 0 Å². The van der Waals surface area contributed by atoms with Crippen molar-refractivity contribution in [3.05, 3.63) is 28.8 Å². The molecule has 0 saturated heterocycles. The van der Waals surface area contributed by atoms with Crippen LogP contribution in [-0.4, -0.2) is 18.2 Å². The van der Waals surface area contributed by atoms with Gasteiger partial charge in [-0.2, -0.15) is 0 Å². The van der Waals surface area contributed by atoms with E-state index in [9.17, 15) is 4.79 Å². The fourth-order valence-electron chi connectivity index (χ4n) is 2.26. The van der Waals surface area contributed by atoms with E-state index in [1.807, 2.05) is 6.92 Å².